The van der Waals surface area contributed by atoms with Crippen LogP contribution in [-0.2, 0) is 13.2 Å². The molecule has 3 nitrogen and oxygen atoms in total. The minimum Gasteiger partial charge on any atom is -0.497 e. The lowest BCUT2D eigenvalue weighted by Gasteiger charge is -2.12. The molecule has 0 unspecified atom stereocenters. The fourth-order valence-corrected chi connectivity index (χ4v) is 2.77. The maximum atomic E-state index is 13.0. The molecular weight excluding hydrogens is 343 g/mol. The maximum Gasteiger partial charge on any atom is 0.416 e. The standard InChI is InChI=1S/C20H16F3NO2/c1-24-11-17(13-5-3-7-15(9-13)20(21,22)23)19(25)18(12-24)14-6-4-8-16(10-14)26-2/h3-12H,1-2H3. The maximum absolute atomic E-state index is 13.0. The number of ether oxygens (including phenoxy) is 1. The number of rotatable bonds is 3. The molecule has 0 aliphatic heterocycles. The second kappa shape index (κ2) is 6.71. The topological polar surface area (TPSA) is 31.2 Å². The Bertz CT molecular complexity index is 1010. The van der Waals surface area contributed by atoms with Gasteiger partial charge in [-0.2, -0.15) is 13.2 Å². The van der Waals surface area contributed by atoms with E-state index >= 15 is 0 Å². The minimum atomic E-state index is -4.47. The summed E-state index contributed by atoms with van der Waals surface area (Å²) in [6.45, 7) is 0. The Kier molecular flexibility index (Phi) is 4.59. The van der Waals surface area contributed by atoms with E-state index < -0.39 is 11.7 Å². The number of methoxy groups -OCH3 is 1. The van der Waals surface area contributed by atoms with Gasteiger partial charge in [0.1, 0.15) is 5.75 Å². The third-order valence-electron chi connectivity index (χ3n) is 4.04. The fraction of sp³-hybridized carbons (Fsp3) is 0.150. The predicted octanol–water partition coefficient (Wildman–Crippen LogP) is 4.75. The summed E-state index contributed by atoms with van der Waals surface area (Å²) in [5.74, 6) is 0.592. The second-order valence-electron chi connectivity index (χ2n) is 5.89. The third kappa shape index (κ3) is 3.49. The number of hydrogen-bond acceptors (Lipinski definition) is 2. The Morgan fingerprint density at radius 1 is 0.923 bits per heavy atom. The van der Waals surface area contributed by atoms with Crippen LogP contribution in [0.15, 0.2) is 65.7 Å². The van der Waals surface area contributed by atoms with Gasteiger partial charge in [-0.3, -0.25) is 4.79 Å². The number of alkyl halides is 3. The molecule has 0 atom stereocenters. The van der Waals surface area contributed by atoms with E-state index in [4.69, 9.17) is 4.74 Å². The number of hydrogen-bond donors (Lipinski definition) is 0. The first-order valence-electron chi connectivity index (χ1n) is 7.82. The van der Waals surface area contributed by atoms with Crippen molar-refractivity contribution in [2.75, 3.05) is 7.11 Å². The van der Waals surface area contributed by atoms with Gasteiger partial charge in [-0.1, -0.05) is 24.3 Å². The van der Waals surface area contributed by atoms with E-state index in [0.29, 0.717) is 16.9 Å². The summed E-state index contributed by atoms with van der Waals surface area (Å²) in [5.41, 5.74) is 0.337. The molecule has 0 spiro atoms. The van der Waals surface area contributed by atoms with Crippen molar-refractivity contribution < 1.29 is 17.9 Å². The monoisotopic (exact) mass is 359 g/mol. The molecule has 2 aromatic carbocycles. The van der Waals surface area contributed by atoms with Crippen LogP contribution in [0.3, 0.4) is 0 Å². The number of aromatic nitrogens is 1. The zero-order chi connectivity index (χ0) is 18.9. The van der Waals surface area contributed by atoms with Gasteiger partial charge in [0, 0.05) is 30.6 Å². The van der Waals surface area contributed by atoms with Crippen molar-refractivity contribution >= 4 is 0 Å². The van der Waals surface area contributed by atoms with Crippen molar-refractivity contribution in [2.45, 2.75) is 6.18 Å². The molecule has 26 heavy (non-hydrogen) atoms. The van der Waals surface area contributed by atoms with E-state index in [1.54, 1.807) is 42.1 Å². The van der Waals surface area contributed by atoms with Crippen molar-refractivity contribution in [2.24, 2.45) is 7.05 Å². The lowest BCUT2D eigenvalue weighted by Crippen LogP contribution is -2.12. The quantitative estimate of drug-likeness (QED) is 0.676. The van der Waals surface area contributed by atoms with Crippen LogP contribution >= 0.6 is 0 Å². The molecule has 6 heteroatoms. The van der Waals surface area contributed by atoms with Crippen molar-refractivity contribution in [1.82, 2.24) is 4.57 Å². The van der Waals surface area contributed by atoms with Crippen molar-refractivity contribution in [3.63, 3.8) is 0 Å². The predicted molar refractivity (Wildman–Crippen MR) is 94.1 cm³/mol. The van der Waals surface area contributed by atoms with Gasteiger partial charge in [-0.25, -0.2) is 0 Å². The smallest absolute Gasteiger partial charge is 0.416 e. The number of nitrogens with zero attached hydrogens (tertiary/aromatic N) is 1. The molecule has 3 rings (SSSR count). The van der Waals surface area contributed by atoms with E-state index in [9.17, 15) is 18.0 Å². The van der Waals surface area contributed by atoms with Gasteiger partial charge in [0.25, 0.3) is 0 Å². The Labute approximate surface area is 148 Å². The van der Waals surface area contributed by atoms with Crippen LogP contribution in [0.4, 0.5) is 13.2 Å². The lowest BCUT2D eigenvalue weighted by atomic mass is 9.99. The summed E-state index contributed by atoms with van der Waals surface area (Å²) >= 11 is 0. The average Bonchev–Trinajstić information content (AvgIpc) is 2.62. The highest BCUT2D eigenvalue weighted by Gasteiger charge is 2.30. The molecule has 0 amide bonds. The third-order valence-corrected chi connectivity index (χ3v) is 4.04. The molecule has 1 heterocycles. The Hall–Kier alpha value is -3.02. The summed E-state index contributed by atoms with van der Waals surface area (Å²) in [5, 5.41) is 0. The average molecular weight is 359 g/mol. The van der Waals surface area contributed by atoms with Gasteiger partial charge in [0.15, 0.2) is 5.43 Å². The summed E-state index contributed by atoms with van der Waals surface area (Å²) in [6.07, 6.45) is -1.29. The molecule has 0 fully saturated rings. The molecule has 0 aliphatic rings. The molecule has 0 aliphatic carbocycles. The first kappa shape index (κ1) is 17.8. The highest BCUT2D eigenvalue weighted by atomic mass is 19.4. The van der Waals surface area contributed by atoms with Crippen LogP contribution in [-0.4, -0.2) is 11.7 Å². The van der Waals surface area contributed by atoms with Crippen molar-refractivity contribution in [1.29, 1.82) is 0 Å². The van der Waals surface area contributed by atoms with Crippen LogP contribution < -0.4 is 10.2 Å². The molecule has 1 aromatic heterocycles. The zero-order valence-electron chi connectivity index (χ0n) is 14.2. The van der Waals surface area contributed by atoms with Crippen LogP contribution in [0.2, 0.25) is 0 Å². The van der Waals surface area contributed by atoms with E-state index in [1.165, 1.54) is 25.4 Å². The van der Waals surface area contributed by atoms with Crippen LogP contribution in [0.1, 0.15) is 5.56 Å². The molecule has 0 radical (unpaired) electrons. The largest absolute Gasteiger partial charge is 0.497 e. The van der Waals surface area contributed by atoms with Crippen LogP contribution in [0.5, 0.6) is 5.75 Å². The highest BCUT2D eigenvalue weighted by Crippen LogP contribution is 2.32. The first-order chi connectivity index (χ1) is 12.3. The Morgan fingerprint density at radius 3 is 2.08 bits per heavy atom. The van der Waals surface area contributed by atoms with E-state index in [-0.39, 0.29) is 16.6 Å². The van der Waals surface area contributed by atoms with E-state index in [2.05, 4.69) is 0 Å². The summed E-state index contributed by atoms with van der Waals surface area (Å²) in [7, 11) is 3.25. The van der Waals surface area contributed by atoms with E-state index in [1.807, 2.05) is 0 Å². The molecule has 0 saturated carbocycles. The van der Waals surface area contributed by atoms with Gasteiger partial charge < -0.3 is 9.30 Å². The molecule has 3 aromatic rings. The number of aryl methyl sites for hydroxylation is 1. The van der Waals surface area contributed by atoms with Gasteiger partial charge in [0.2, 0.25) is 0 Å². The lowest BCUT2D eigenvalue weighted by molar-refractivity contribution is -0.137. The van der Waals surface area contributed by atoms with Gasteiger partial charge >= 0.3 is 6.18 Å². The molecule has 0 saturated heterocycles. The van der Waals surface area contributed by atoms with Crippen LogP contribution in [0, 0.1) is 0 Å². The summed E-state index contributed by atoms with van der Waals surface area (Å²) in [6, 6.07) is 11.8. The number of pyridine rings is 1. The van der Waals surface area contributed by atoms with Gasteiger partial charge in [0.05, 0.1) is 12.7 Å². The minimum absolute atomic E-state index is 0.207. The number of halogens is 3. The fourth-order valence-electron chi connectivity index (χ4n) is 2.77. The highest BCUT2D eigenvalue weighted by molar-refractivity contribution is 5.72. The summed E-state index contributed by atoms with van der Waals surface area (Å²) < 4.78 is 45.8. The Morgan fingerprint density at radius 2 is 1.50 bits per heavy atom. The van der Waals surface area contributed by atoms with Crippen molar-refractivity contribution in [3.8, 4) is 28.0 Å². The number of benzene rings is 2. The van der Waals surface area contributed by atoms with E-state index in [0.717, 1.165) is 12.1 Å². The molecular formula is C20H16F3NO2. The van der Waals surface area contributed by atoms with Crippen LogP contribution in [0.25, 0.3) is 22.3 Å². The summed E-state index contributed by atoms with van der Waals surface area (Å²) in [4.78, 5) is 12.9. The van der Waals surface area contributed by atoms with Gasteiger partial charge in [-0.05, 0) is 35.4 Å². The SMILES string of the molecule is COc1cccc(-c2cn(C)cc(-c3cccc(C(F)(F)F)c3)c2=O)c1. The van der Waals surface area contributed by atoms with Gasteiger partial charge in [-0.15, -0.1) is 0 Å². The van der Waals surface area contributed by atoms with Crippen molar-refractivity contribution in [3.05, 3.63) is 76.7 Å². The first-order valence-corrected chi connectivity index (χ1v) is 7.82. The second-order valence-corrected chi connectivity index (χ2v) is 5.89. The molecule has 0 bridgehead atoms. The normalized spacial score (nSPS) is 11.4. The molecule has 134 valence electrons. The zero-order valence-corrected chi connectivity index (χ0v) is 14.2. The Balaban J connectivity index is 2.19. The molecule has 0 N–H and O–H groups in total.